The lowest BCUT2D eigenvalue weighted by Gasteiger charge is -2.34. The Morgan fingerprint density at radius 3 is 2.83 bits per heavy atom. The summed E-state index contributed by atoms with van der Waals surface area (Å²) in [6.45, 7) is 6.80. The highest BCUT2D eigenvalue weighted by Crippen LogP contribution is 2.25. The summed E-state index contributed by atoms with van der Waals surface area (Å²) < 4.78 is 10.8. The number of aliphatic hydroxyl groups is 1. The fraction of sp³-hybridized carbons (Fsp3) is 0.435. The molecule has 1 aliphatic heterocycles. The number of carbonyl (C=O) groups excluding carboxylic acids is 1. The number of β-amino-alcohol motifs (C(OH)–C–C–N with tert-alkyl or cyclic N) is 1. The smallest absolute Gasteiger partial charge is 0.224 e. The molecule has 0 bridgehead atoms. The number of allylic oxidation sites excluding steroid dienone is 1. The molecule has 1 aliphatic rings. The van der Waals surface area contributed by atoms with Crippen molar-refractivity contribution in [3.8, 4) is 0 Å². The normalized spacial score (nSPS) is 15.5. The maximum atomic E-state index is 12.7. The van der Waals surface area contributed by atoms with Gasteiger partial charge < -0.3 is 24.1 Å². The van der Waals surface area contributed by atoms with E-state index in [9.17, 15) is 9.90 Å². The van der Waals surface area contributed by atoms with Gasteiger partial charge in [-0.15, -0.1) is 0 Å². The molecule has 2 aromatic rings. The SMILES string of the molecule is CC(C)=CCN1Cc2ccccc2N(CC(O)COCc2ccco2)CCC1=O. The number of para-hydroxylation sites is 1. The minimum Gasteiger partial charge on any atom is -0.467 e. The highest BCUT2D eigenvalue weighted by molar-refractivity contribution is 5.78. The Labute approximate surface area is 172 Å². The summed E-state index contributed by atoms with van der Waals surface area (Å²) in [4.78, 5) is 16.7. The number of hydrogen-bond acceptors (Lipinski definition) is 5. The molecule has 2 heterocycles. The van der Waals surface area contributed by atoms with Gasteiger partial charge in [-0.2, -0.15) is 0 Å². The molecule has 0 aliphatic carbocycles. The van der Waals surface area contributed by atoms with Gasteiger partial charge in [0.1, 0.15) is 12.4 Å². The van der Waals surface area contributed by atoms with Crippen molar-refractivity contribution < 1.29 is 19.1 Å². The first-order chi connectivity index (χ1) is 14.0. The standard InChI is InChI=1S/C23H30N2O4/c1-18(2)9-11-25-14-19-6-3-4-8-22(19)24(12-10-23(25)27)15-20(26)16-28-17-21-7-5-13-29-21/h3-9,13,20,26H,10-12,14-17H2,1-2H3. The number of benzene rings is 1. The van der Waals surface area contributed by atoms with Crippen molar-refractivity contribution in [3.63, 3.8) is 0 Å². The molecular formula is C23H30N2O4. The van der Waals surface area contributed by atoms with Crippen LogP contribution in [0.3, 0.4) is 0 Å². The van der Waals surface area contributed by atoms with E-state index in [0.29, 0.717) is 39.2 Å². The summed E-state index contributed by atoms with van der Waals surface area (Å²) in [5.74, 6) is 0.862. The van der Waals surface area contributed by atoms with Crippen LogP contribution in [0.4, 0.5) is 5.69 Å². The molecule has 1 N–H and O–H groups in total. The van der Waals surface area contributed by atoms with E-state index in [1.807, 2.05) is 43.0 Å². The van der Waals surface area contributed by atoms with E-state index in [1.165, 1.54) is 5.57 Å². The summed E-state index contributed by atoms with van der Waals surface area (Å²) in [6.07, 6.45) is 3.45. The molecule has 1 unspecified atom stereocenters. The van der Waals surface area contributed by atoms with Crippen molar-refractivity contribution in [2.24, 2.45) is 0 Å². The zero-order valence-corrected chi connectivity index (χ0v) is 17.2. The predicted octanol–water partition coefficient (Wildman–Crippen LogP) is 3.36. The average Bonchev–Trinajstić information content (AvgIpc) is 3.21. The van der Waals surface area contributed by atoms with E-state index < -0.39 is 6.10 Å². The first-order valence-electron chi connectivity index (χ1n) is 10.0. The van der Waals surface area contributed by atoms with Gasteiger partial charge in [0.05, 0.1) is 19.0 Å². The van der Waals surface area contributed by atoms with Crippen molar-refractivity contribution in [1.82, 2.24) is 4.90 Å². The molecule has 1 aromatic carbocycles. The first kappa shape index (κ1) is 21.1. The van der Waals surface area contributed by atoms with Gasteiger partial charge >= 0.3 is 0 Å². The van der Waals surface area contributed by atoms with Gasteiger partial charge in [-0.25, -0.2) is 0 Å². The third-order valence-electron chi connectivity index (χ3n) is 4.93. The number of furan rings is 1. The van der Waals surface area contributed by atoms with Crippen molar-refractivity contribution in [2.75, 3.05) is 31.1 Å². The van der Waals surface area contributed by atoms with E-state index in [2.05, 4.69) is 23.1 Å². The number of nitrogens with zero attached hydrogens (tertiary/aromatic N) is 2. The van der Waals surface area contributed by atoms with Crippen LogP contribution < -0.4 is 4.90 Å². The lowest BCUT2D eigenvalue weighted by Crippen LogP contribution is -2.41. The van der Waals surface area contributed by atoms with Crippen LogP contribution >= 0.6 is 0 Å². The topological polar surface area (TPSA) is 66.2 Å². The summed E-state index contributed by atoms with van der Waals surface area (Å²) in [6, 6.07) is 11.7. The Morgan fingerprint density at radius 2 is 2.07 bits per heavy atom. The molecule has 0 saturated carbocycles. The van der Waals surface area contributed by atoms with Gasteiger partial charge in [-0.3, -0.25) is 4.79 Å². The molecule has 0 radical (unpaired) electrons. The number of aliphatic hydroxyl groups excluding tert-OH is 1. The molecule has 0 saturated heterocycles. The largest absolute Gasteiger partial charge is 0.467 e. The minimum atomic E-state index is -0.658. The van der Waals surface area contributed by atoms with E-state index in [-0.39, 0.29) is 12.5 Å². The molecule has 6 heteroatoms. The monoisotopic (exact) mass is 398 g/mol. The van der Waals surface area contributed by atoms with Gasteiger partial charge in [0, 0.05) is 38.3 Å². The molecule has 29 heavy (non-hydrogen) atoms. The molecule has 1 amide bonds. The number of rotatable bonds is 8. The van der Waals surface area contributed by atoms with Crippen LogP contribution in [-0.4, -0.2) is 48.3 Å². The number of amides is 1. The van der Waals surface area contributed by atoms with Crippen molar-refractivity contribution in [1.29, 1.82) is 0 Å². The van der Waals surface area contributed by atoms with Crippen molar-refractivity contribution >= 4 is 11.6 Å². The molecule has 1 aromatic heterocycles. The second-order valence-corrected chi connectivity index (χ2v) is 7.63. The Balaban J connectivity index is 1.65. The van der Waals surface area contributed by atoms with E-state index in [1.54, 1.807) is 6.26 Å². The molecular weight excluding hydrogens is 368 g/mol. The third kappa shape index (κ3) is 6.21. The molecule has 6 nitrogen and oxygen atoms in total. The number of hydrogen-bond donors (Lipinski definition) is 1. The second kappa shape index (κ2) is 10.3. The lowest BCUT2D eigenvalue weighted by atomic mass is 10.1. The van der Waals surface area contributed by atoms with E-state index >= 15 is 0 Å². The lowest BCUT2D eigenvalue weighted by molar-refractivity contribution is -0.131. The minimum absolute atomic E-state index is 0.130. The van der Waals surface area contributed by atoms with Gasteiger partial charge in [0.15, 0.2) is 0 Å². The van der Waals surface area contributed by atoms with Crippen LogP contribution in [0, 0.1) is 0 Å². The summed E-state index contributed by atoms with van der Waals surface area (Å²) >= 11 is 0. The molecule has 3 rings (SSSR count). The Hall–Kier alpha value is -2.57. The highest BCUT2D eigenvalue weighted by atomic mass is 16.5. The van der Waals surface area contributed by atoms with E-state index in [4.69, 9.17) is 9.15 Å². The van der Waals surface area contributed by atoms with Crippen LogP contribution in [0.1, 0.15) is 31.6 Å². The third-order valence-corrected chi connectivity index (χ3v) is 4.93. The maximum Gasteiger partial charge on any atom is 0.224 e. The average molecular weight is 399 g/mol. The Kier molecular flexibility index (Phi) is 7.49. The molecule has 1 atom stereocenters. The van der Waals surface area contributed by atoms with Crippen LogP contribution in [0.25, 0.3) is 0 Å². The van der Waals surface area contributed by atoms with Crippen molar-refractivity contribution in [3.05, 3.63) is 65.6 Å². The zero-order chi connectivity index (χ0) is 20.6. The Morgan fingerprint density at radius 1 is 1.24 bits per heavy atom. The second-order valence-electron chi connectivity index (χ2n) is 7.63. The summed E-state index contributed by atoms with van der Waals surface area (Å²) in [5.41, 5.74) is 3.35. The summed E-state index contributed by atoms with van der Waals surface area (Å²) in [5, 5.41) is 10.5. The zero-order valence-electron chi connectivity index (χ0n) is 17.2. The number of fused-ring (bicyclic) bond motifs is 1. The van der Waals surface area contributed by atoms with Crippen LogP contribution in [-0.2, 0) is 22.7 Å². The van der Waals surface area contributed by atoms with Gasteiger partial charge in [-0.1, -0.05) is 29.8 Å². The molecule has 0 fully saturated rings. The fourth-order valence-corrected chi connectivity index (χ4v) is 3.40. The molecule has 156 valence electrons. The number of anilines is 1. The van der Waals surface area contributed by atoms with Crippen molar-refractivity contribution in [2.45, 2.75) is 39.5 Å². The Bertz CT molecular complexity index is 812. The van der Waals surface area contributed by atoms with Gasteiger partial charge in [0.25, 0.3) is 0 Å². The van der Waals surface area contributed by atoms with E-state index in [0.717, 1.165) is 17.0 Å². The number of carbonyl (C=O) groups is 1. The highest BCUT2D eigenvalue weighted by Gasteiger charge is 2.23. The maximum absolute atomic E-state index is 12.7. The van der Waals surface area contributed by atoms with Crippen LogP contribution in [0.5, 0.6) is 0 Å². The van der Waals surface area contributed by atoms with Crippen LogP contribution in [0.2, 0.25) is 0 Å². The summed E-state index contributed by atoms with van der Waals surface area (Å²) in [7, 11) is 0. The first-order valence-corrected chi connectivity index (χ1v) is 10.0. The van der Waals surface area contributed by atoms with Gasteiger partial charge in [0.2, 0.25) is 5.91 Å². The van der Waals surface area contributed by atoms with Gasteiger partial charge in [-0.05, 0) is 37.6 Å². The number of ether oxygens (including phenoxy) is 1. The fourth-order valence-electron chi connectivity index (χ4n) is 3.40. The quantitative estimate of drug-likeness (QED) is 0.691. The molecule has 0 spiro atoms. The van der Waals surface area contributed by atoms with Crippen LogP contribution in [0.15, 0.2) is 58.7 Å². The predicted molar refractivity (Wildman–Crippen MR) is 112 cm³/mol.